The van der Waals surface area contributed by atoms with Gasteiger partial charge in [-0.1, -0.05) is 11.6 Å². The first-order chi connectivity index (χ1) is 12.0. The van der Waals surface area contributed by atoms with Crippen LogP contribution in [0.1, 0.15) is 29.7 Å². The molecule has 0 fully saturated rings. The highest BCUT2D eigenvalue weighted by molar-refractivity contribution is 5.66. The Kier molecular flexibility index (Phi) is 4.26. The van der Waals surface area contributed by atoms with Crippen molar-refractivity contribution in [3.05, 3.63) is 57.9 Å². The molecule has 0 aliphatic carbocycles. The van der Waals surface area contributed by atoms with Crippen molar-refractivity contribution in [3.8, 4) is 0 Å². The smallest absolute Gasteiger partial charge is 0.225 e. The lowest BCUT2D eigenvalue weighted by Gasteiger charge is -2.47. The highest BCUT2D eigenvalue weighted by Crippen LogP contribution is 2.46. The highest BCUT2D eigenvalue weighted by atomic mass is 19.2. The molecule has 0 bridgehead atoms. The molecule has 2 unspecified atom stereocenters. The molecule has 2 aromatic carbocycles. The molecule has 0 saturated carbocycles. The van der Waals surface area contributed by atoms with Gasteiger partial charge in [0.05, 0.1) is 12.7 Å². The zero-order valence-electron chi connectivity index (χ0n) is 15.2. The summed E-state index contributed by atoms with van der Waals surface area (Å²) in [5, 5.41) is 0. The second kappa shape index (κ2) is 5.94. The van der Waals surface area contributed by atoms with Gasteiger partial charge in [-0.25, -0.2) is 13.2 Å². The van der Waals surface area contributed by atoms with Gasteiger partial charge in [0, 0.05) is 12.6 Å². The lowest BCUT2D eigenvalue weighted by molar-refractivity contribution is 0.225. The normalized spacial score (nSPS) is 22.5. The summed E-state index contributed by atoms with van der Waals surface area (Å²) in [6.07, 6.45) is 0. The van der Waals surface area contributed by atoms with Gasteiger partial charge in [0.1, 0.15) is 6.04 Å². The fourth-order valence-corrected chi connectivity index (χ4v) is 4.08. The third kappa shape index (κ3) is 2.40. The summed E-state index contributed by atoms with van der Waals surface area (Å²) in [7, 11) is 3.23. The number of quaternary nitrogens is 1. The quantitative estimate of drug-likeness (QED) is 0.292. The Hall–Kier alpha value is -2.15. The Morgan fingerprint density at radius 2 is 1.42 bits per heavy atom. The maximum atomic E-state index is 14.5. The zero-order chi connectivity index (χ0) is 19.5. The van der Waals surface area contributed by atoms with Gasteiger partial charge in [-0.3, -0.25) is 4.48 Å². The van der Waals surface area contributed by atoms with Crippen LogP contribution in [0.25, 0.3) is 0 Å². The molecule has 1 aliphatic heterocycles. The second-order valence-corrected chi connectivity index (χ2v) is 7.22. The minimum absolute atomic E-state index is 0.0659. The molecule has 3 rings (SSSR count). The summed E-state index contributed by atoms with van der Waals surface area (Å²) in [6.45, 7) is 5.64. The standard InChI is InChI=1S/C19H20F5N2/c1-9-6-10(2)18-12(7-9)11(3)26(5,8-25(18)4)19-16(23)14(21)13(20)15(22)17(19)24/h6-7,11H,8H2,1-5H3/q+1. The SMILES string of the molecule is Cc1cc(C)c2c(c1)C(C)[N+](C)(c1c(F)c(F)c(F)c(F)c1F)CN2C. The fourth-order valence-electron chi connectivity index (χ4n) is 4.08. The van der Waals surface area contributed by atoms with E-state index in [2.05, 4.69) is 0 Å². The number of hydrogen-bond donors (Lipinski definition) is 0. The van der Waals surface area contributed by atoms with E-state index in [9.17, 15) is 22.0 Å². The molecule has 2 nitrogen and oxygen atoms in total. The maximum Gasteiger partial charge on any atom is 0.225 e. The highest BCUT2D eigenvalue weighted by Gasteiger charge is 2.47. The molecule has 2 atom stereocenters. The Balaban J connectivity index is 2.30. The molecule has 1 aliphatic rings. The van der Waals surface area contributed by atoms with Crippen molar-refractivity contribution in [2.75, 3.05) is 25.7 Å². The predicted molar refractivity (Wildman–Crippen MR) is 91.6 cm³/mol. The van der Waals surface area contributed by atoms with Gasteiger partial charge in [0.25, 0.3) is 0 Å². The molecule has 26 heavy (non-hydrogen) atoms. The Bertz CT molecular complexity index is 883. The zero-order valence-corrected chi connectivity index (χ0v) is 15.2. The van der Waals surface area contributed by atoms with Crippen LogP contribution in [0.4, 0.5) is 33.3 Å². The van der Waals surface area contributed by atoms with Crippen molar-refractivity contribution in [1.82, 2.24) is 4.48 Å². The van der Waals surface area contributed by atoms with Crippen LogP contribution in [0.15, 0.2) is 12.1 Å². The number of halogens is 5. The van der Waals surface area contributed by atoms with Crippen molar-refractivity contribution in [1.29, 1.82) is 0 Å². The van der Waals surface area contributed by atoms with E-state index in [1.807, 2.05) is 26.0 Å². The van der Waals surface area contributed by atoms with Gasteiger partial charge in [-0.2, -0.15) is 8.78 Å². The topological polar surface area (TPSA) is 3.24 Å². The summed E-state index contributed by atoms with van der Waals surface area (Å²) in [5.41, 5.74) is 2.88. The minimum atomic E-state index is -2.14. The minimum Gasteiger partial charge on any atom is -0.327 e. The van der Waals surface area contributed by atoms with Crippen LogP contribution in [0.2, 0.25) is 0 Å². The largest absolute Gasteiger partial charge is 0.327 e. The van der Waals surface area contributed by atoms with E-state index in [1.165, 1.54) is 7.05 Å². The lowest BCUT2D eigenvalue weighted by atomic mass is 9.93. The third-order valence-corrected chi connectivity index (χ3v) is 5.36. The summed E-state index contributed by atoms with van der Waals surface area (Å²) in [6, 6.07) is 3.38. The first-order valence-corrected chi connectivity index (χ1v) is 8.20. The Morgan fingerprint density at radius 1 is 0.923 bits per heavy atom. The number of aryl methyl sites for hydroxylation is 2. The Morgan fingerprint density at radius 3 is 1.96 bits per heavy atom. The average Bonchev–Trinajstić information content (AvgIpc) is 2.55. The van der Waals surface area contributed by atoms with Crippen LogP contribution >= 0.6 is 0 Å². The number of rotatable bonds is 1. The van der Waals surface area contributed by atoms with Crippen molar-refractivity contribution >= 4 is 11.4 Å². The number of hydrogen-bond acceptors (Lipinski definition) is 1. The first-order valence-electron chi connectivity index (χ1n) is 8.20. The van der Waals surface area contributed by atoms with Crippen molar-refractivity contribution in [3.63, 3.8) is 0 Å². The van der Waals surface area contributed by atoms with Crippen LogP contribution < -0.4 is 9.38 Å². The van der Waals surface area contributed by atoms with Gasteiger partial charge in [-0.15, -0.1) is 0 Å². The summed E-state index contributed by atoms with van der Waals surface area (Å²) < 4.78 is 69.6. The van der Waals surface area contributed by atoms with Crippen LogP contribution in [-0.4, -0.2) is 20.8 Å². The van der Waals surface area contributed by atoms with Crippen LogP contribution in [0.5, 0.6) is 0 Å². The van der Waals surface area contributed by atoms with E-state index in [0.717, 1.165) is 22.4 Å². The predicted octanol–water partition coefficient (Wildman–Crippen LogP) is 5.10. The van der Waals surface area contributed by atoms with E-state index in [4.69, 9.17) is 0 Å². The fraction of sp³-hybridized carbons (Fsp3) is 0.368. The molecular formula is C19H20F5N2+. The molecule has 7 heteroatoms. The van der Waals surface area contributed by atoms with E-state index >= 15 is 0 Å². The van der Waals surface area contributed by atoms with E-state index in [0.29, 0.717) is 0 Å². The Labute approximate surface area is 149 Å². The third-order valence-electron chi connectivity index (χ3n) is 5.36. The number of nitrogens with zero attached hydrogens (tertiary/aromatic N) is 2. The van der Waals surface area contributed by atoms with Gasteiger partial charge in [0.2, 0.25) is 34.8 Å². The van der Waals surface area contributed by atoms with Gasteiger partial charge < -0.3 is 4.90 Å². The molecular weight excluding hydrogens is 351 g/mol. The summed E-state index contributed by atoms with van der Waals surface area (Å²) >= 11 is 0. The molecule has 0 N–H and O–H groups in total. The second-order valence-electron chi connectivity index (χ2n) is 7.22. The molecule has 1 heterocycles. The molecule has 2 aromatic rings. The van der Waals surface area contributed by atoms with Crippen LogP contribution in [0.3, 0.4) is 0 Å². The maximum absolute atomic E-state index is 14.5. The van der Waals surface area contributed by atoms with E-state index in [-0.39, 0.29) is 6.67 Å². The summed E-state index contributed by atoms with van der Waals surface area (Å²) in [5.74, 6) is -9.53. The van der Waals surface area contributed by atoms with Crippen molar-refractivity contribution in [2.45, 2.75) is 26.8 Å². The molecule has 0 saturated heterocycles. The van der Waals surface area contributed by atoms with Gasteiger partial charge >= 0.3 is 0 Å². The number of benzene rings is 2. The van der Waals surface area contributed by atoms with Gasteiger partial charge in [-0.05, 0) is 32.4 Å². The number of anilines is 1. The monoisotopic (exact) mass is 371 g/mol. The van der Waals surface area contributed by atoms with Crippen LogP contribution in [0, 0.1) is 42.9 Å². The molecule has 140 valence electrons. The summed E-state index contributed by atoms with van der Waals surface area (Å²) in [4.78, 5) is 1.79. The van der Waals surface area contributed by atoms with Crippen LogP contribution in [-0.2, 0) is 0 Å². The van der Waals surface area contributed by atoms with Crippen molar-refractivity contribution < 1.29 is 22.0 Å². The molecule has 0 aromatic heterocycles. The molecule has 0 radical (unpaired) electrons. The van der Waals surface area contributed by atoms with Gasteiger partial charge in [0.15, 0.2) is 6.67 Å². The van der Waals surface area contributed by atoms with E-state index in [1.54, 1.807) is 18.9 Å². The first kappa shape index (κ1) is 18.6. The van der Waals surface area contributed by atoms with E-state index < -0.39 is 45.3 Å². The lowest BCUT2D eigenvalue weighted by Crippen LogP contribution is -2.57. The average molecular weight is 371 g/mol. The molecule has 0 spiro atoms. The molecule has 0 amide bonds. The number of fused-ring (bicyclic) bond motifs is 1. The van der Waals surface area contributed by atoms with Crippen molar-refractivity contribution in [2.24, 2.45) is 0 Å².